The van der Waals surface area contributed by atoms with Gasteiger partial charge in [0.05, 0.1) is 5.92 Å². The topological polar surface area (TPSA) is 65.2 Å². The number of halogens is 2. The summed E-state index contributed by atoms with van der Waals surface area (Å²) in [5.41, 5.74) is 2.67. The number of carbonyl (C=O) groups excluding carboxylic acids is 2. The number of hydrogen-bond donors (Lipinski definition) is 2. The zero-order valence-electron chi connectivity index (χ0n) is 15.8. The fourth-order valence-corrected chi connectivity index (χ4v) is 3.95. The standard InChI is InChI=1S/C22H21ClFN3O2/c23-19-4-2-1-3-15(19)12-26-22(29)16-9-21(28)27(13-16)8-7-14-11-25-20-6-5-17(24)10-18(14)20/h1-6,10-11,16,25H,7-9,12-13H2,(H,26,29)/t16-/m0/s1. The van der Waals surface area contributed by atoms with Gasteiger partial charge in [0.1, 0.15) is 5.82 Å². The molecule has 2 heterocycles. The molecular formula is C22H21ClFN3O2. The third-order valence-corrected chi connectivity index (χ3v) is 5.75. The van der Waals surface area contributed by atoms with Crippen molar-refractivity contribution in [3.63, 3.8) is 0 Å². The fourth-order valence-electron chi connectivity index (χ4n) is 3.75. The molecule has 3 aromatic rings. The van der Waals surface area contributed by atoms with E-state index in [1.807, 2.05) is 24.4 Å². The number of hydrogen-bond acceptors (Lipinski definition) is 2. The summed E-state index contributed by atoms with van der Waals surface area (Å²) in [6, 6.07) is 12.0. The molecule has 29 heavy (non-hydrogen) atoms. The molecule has 2 amide bonds. The summed E-state index contributed by atoms with van der Waals surface area (Å²) in [4.78, 5) is 29.7. The van der Waals surface area contributed by atoms with Gasteiger partial charge < -0.3 is 15.2 Å². The molecule has 1 aliphatic rings. The van der Waals surface area contributed by atoms with E-state index in [1.54, 1.807) is 17.0 Å². The van der Waals surface area contributed by atoms with E-state index in [0.29, 0.717) is 31.1 Å². The number of nitrogens with one attached hydrogen (secondary N) is 2. The van der Waals surface area contributed by atoms with Gasteiger partial charge in [0, 0.05) is 48.2 Å². The molecule has 1 atom stereocenters. The van der Waals surface area contributed by atoms with Crippen LogP contribution in [0.5, 0.6) is 0 Å². The molecule has 0 spiro atoms. The summed E-state index contributed by atoms with van der Waals surface area (Å²) < 4.78 is 13.5. The van der Waals surface area contributed by atoms with Crippen molar-refractivity contribution in [2.24, 2.45) is 5.92 Å². The molecular weight excluding hydrogens is 393 g/mol. The second-order valence-corrected chi connectivity index (χ2v) is 7.71. The Morgan fingerprint density at radius 2 is 2.07 bits per heavy atom. The van der Waals surface area contributed by atoms with Crippen LogP contribution < -0.4 is 5.32 Å². The van der Waals surface area contributed by atoms with E-state index in [1.165, 1.54) is 12.1 Å². The molecule has 2 aromatic carbocycles. The zero-order chi connectivity index (χ0) is 20.4. The van der Waals surface area contributed by atoms with Crippen molar-refractivity contribution in [1.29, 1.82) is 0 Å². The molecule has 7 heteroatoms. The van der Waals surface area contributed by atoms with Crippen LogP contribution in [0.2, 0.25) is 5.02 Å². The van der Waals surface area contributed by atoms with Crippen molar-refractivity contribution in [3.05, 3.63) is 70.6 Å². The van der Waals surface area contributed by atoms with Crippen LogP contribution in [0.4, 0.5) is 4.39 Å². The van der Waals surface area contributed by atoms with Gasteiger partial charge in [-0.1, -0.05) is 29.8 Å². The molecule has 0 bridgehead atoms. The van der Waals surface area contributed by atoms with Gasteiger partial charge in [-0.3, -0.25) is 9.59 Å². The molecule has 0 radical (unpaired) electrons. The van der Waals surface area contributed by atoms with Gasteiger partial charge in [-0.25, -0.2) is 4.39 Å². The minimum Gasteiger partial charge on any atom is -0.361 e. The quantitative estimate of drug-likeness (QED) is 0.647. The maximum atomic E-state index is 13.5. The highest BCUT2D eigenvalue weighted by atomic mass is 35.5. The maximum Gasteiger partial charge on any atom is 0.225 e. The first kappa shape index (κ1) is 19.5. The van der Waals surface area contributed by atoms with Gasteiger partial charge in [0.25, 0.3) is 0 Å². The summed E-state index contributed by atoms with van der Waals surface area (Å²) in [7, 11) is 0. The maximum absolute atomic E-state index is 13.5. The third kappa shape index (κ3) is 4.27. The molecule has 0 saturated carbocycles. The van der Waals surface area contributed by atoms with E-state index in [9.17, 15) is 14.0 Å². The highest BCUT2D eigenvalue weighted by Gasteiger charge is 2.34. The molecule has 5 nitrogen and oxygen atoms in total. The lowest BCUT2D eigenvalue weighted by Gasteiger charge is -2.16. The lowest BCUT2D eigenvalue weighted by molar-refractivity contribution is -0.129. The Morgan fingerprint density at radius 3 is 2.90 bits per heavy atom. The Bertz CT molecular complexity index is 1070. The lowest BCUT2D eigenvalue weighted by Crippen LogP contribution is -2.33. The summed E-state index contributed by atoms with van der Waals surface area (Å²) in [5.74, 6) is -0.833. The molecule has 1 fully saturated rings. The number of fused-ring (bicyclic) bond motifs is 1. The van der Waals surface area contributed by atoms with Gasteiger partial charge in [0.2, 0.25) is 11.8 Å². The number of H-pyrrole nitrogens is 1. The van der Waals surface area contributed by atoms with E-state index < -0.39 is 0 Å². The molecule has 1 saturated heterocycles. The Morgan fingerprint density at radius 1 is 1.24 bits per heavy atom. The van der Waals surface area contributed by atoms with Gasteiger partial charge in [-0.15, -0.1) is 0 Å². The predicted molar refractivity (Wildman–Crippen MR) is 110 cm³/mol. The van der Waals surface area contributed by atoms with Crippen molar-refractivity contribution in [2.75, 3.05) is 13.1 Å². The van der Waals surface area contributed by atoms with Crippen molar-refractivity contribution in [2.45, 2.75) is 19.4 Å². The number of benzene rings is 2. The van der Waals surface area contributed by atoms with E-state index >= 15 is 0 Å². The summed E-state index contributed by atoms with van der Waals surface area (Å²) in [6.07, 6.45) is 2.65. The summed E-state index contributed by atoms with van der Waals surface area (Å²) in [5, 5.41) is 4.30. The number of carbonyl (C=O) groups is 2. The van der Waals surface area contributed by atoms with Gasteiger partial charge in [-0.05, 0) is 41.8 Å². The Labute approximate surface area is 172 Å². The highest BCUT2D eigenvalue weighted by molar-refractivity contribution is 6.31. The zero-order valence-corrected chi connectivity index (χ0v) is 16.5. The number of likely N-dealkylation sites (tertiary alicyclic amines) is 1. The smallest absolute Gasteiger partial charge is 0.225 e. The van der Waals surface area contributed by atoms with Crippen LogP contribution in [0.15, 0.2) is 48.7 Å². The number of aromatic nitrogens is 1. The van der Waals surface area contributed by atoms with Crippen LogP contribution in [0.3, 0.4) is 0 Å². The average Bonchev–Trinajstić information content (AvgIpc) is 3.28. The summed E-state index contributed by atoms with van der Waals surface area (Å²) in [6.45, 7) is 1.23. The SMILES string of the molecule is O=C(NCc1ccccc1Cl)[C@H]1CC(=O)N(CCc2c[nH]c3ccc(F)cc23)C1. The number of nitrogens with zero attached hydrogens (tertiary/aromatic N) is 1. The average molecular weight is 414 g/mol. The van der Waals surface area contributed by atoms with E-state index in [2.05, 4.69) is 10.3 Å². The first-order valence-corrected chi connectivity index (χ1v) is 9.93. The molecule has 0 unspecified atom stereocenters. The molecule has 0 aliphatic carbocycles. The normalized spacial score (nSPS) is 16.6. The van der Waals surface area contributed by atoms with Crippen LogP contribution in [0.25, 0.3) is 10.9 Å². The van der Waals surface area contributed by atoms with E-state index in [4.69, 9.17) is 11.6 Å². The minimum absolute atomic E-state index is 0.0334. The van der Waals surface area contributed by atoms with E-state index in [0.717, 1.165) is 22.0 Å². The monoisotopic (exact) mass is 413 g/mol. The molecule has 2 N–H and O–H groups in total. The second-order valence-electron chi connectivity index (χ2n) is 7.30. The van der Waals surface area contributed by atoms with Crippen molar-refractivity contribution >= 4 is 34.3 Å². The van der Waals surface area contributed by atoms with Crippen LogP contribution in [-0.4, -0.2) is 34.8 Å². The molecule has 1 aliphatic heterocycles. The van der Waals surface area contributed by atoms with E-state index in [-0.39, 0.29) is 30.0 Å². The first-order chi connectivity index (χ1) is 14.0. The number of aromatic amines is 1. The largest absolute Gasteiger partial charge is 0.361 e. The fraction of sp³-hybridized carbons (Fsp3) is 0.273. The number of amides is 2. The van der Waals surface area contributed by atoms with Crippen molar-refractivity contribution < 1.29 is 14.0 Å². The molecule has 150 valence electrons. The van der Waals surface area contributed by atoms with Crippen LogP contribution >= 0.6 is 11.6 Å². The minimum atomic E-state index is -0.370. The van der Waals surface area contributed by atoms with Crippen molar-refractivity contribution in [1.82, 2.24) is 15.2 Å². The lowest BCUT2D eigenvalue weighted by atomic mass is 10.1. The number of rotatable bonds is 6. The molecule has 1 aromatic heterocycles. The third-order valence-electron chi connectivity index (χ3n) is 5.38. The van der Waals surface area contributed by atoms with Crippen LogP contribution in [-0.2, 0) is 22.6 Å². The van der Waals surface area contributed by atoms with Gasteiger partial charge in [0.15, 0.2) is 0 Å². The Balaban J connectivity index is 1.33. The predicted octanol–water partition coefficient (Wildman–Crippen LogP) is 3.67. The van der Waals surface area contributed by atoms with Gasteiger partial charge in [-0.2, -0.15) is 0 Å². The Hall–Kier alpha value is -2.86. The summed E-state index contributed by atoms with van der Waals surface area (Å²) >= 11 is 6.12. The second kappa shape index (κ2) is 8.25. The Kier molecular flexibility index (Phi) is 5.53. The van der Waals surface area contributed by atoms with Crippen LogP contribution in [0.1, 0.15) is 17.5 Å². The van der Waals surface area contributed by atoms with Crippen LogP contribution in [0, 0.1) is 11.7 Å². The highest BCUT2D eigenvalue weighted by Crippen LogP contribution is 2.23. The van der Waals surface area contributed by atoms with Gasteiger partial charge >= 0.3 is 0 Å². The van der Waals surface area contributed by atoms with Crippen molar-refractivity contribution in [3.8, 4) is 0 Å². The first-order valence-electron chi connectivity index (χ1n) is 9.55. The molecule has 4 rings (SSSR count).